The van der Waals surface area contributed by atoms with Crippen molar-refractivity contribution in [3.63, 3.8) is 0 Å². The van der Waals surface area contributed by atoms with E-state index in [9.17, 15) is 4.79 Å². The van der Waals surface area contributed by atoms with Crippen LogP contribution in [0, 0.1) is 17.8 Å². The van der Waals surface area contributed by atoms with E-state index in [1.54, 1.807) is 0 Å². The van der Waals surface area contributed by atoms with Crippen molar-refractivity contribution < 1.29 is 4.79 Å². The molecule has 0 saturated heterocycles. The molecule has 1 aliphatic carbocycles. The average Bonchev–Trinajstić information content (AvgIpc) is 3.01. The topological polar surface area (TPSA) is 41.1 Å². The van der Waals surface area contributed by atoms with E-state index in [0.29, 0.717) is 24.0 Å². The van der Waals surface area contributed by atoms with Crippen molar-refractivity contribution in [2.45, 2.75) is 45.1 Å². The van der Waals surface area contributed by atoms with Crippen molar-refractivity contribution in [2.24, 2.45) is 5.92 Å². The molecule has 0 spiro atoms. The van der Waals surface area contributed by atoms with Crippen molar-refractivity contribution in [1.82, 2.24) is 10.6 Å². The number of carbonyl (C=O) groups is 1. The summed E-state index contributed by atoms with van der Waals surface area (Å²) in [6.07, 6.45) is 3.93. The predicted octanol–water partition coefficient (Wildman–Crippen LogP) is 3.37. The highest BCUT2D eigenvalue weighted by atomic mass is 35.5. The summed E-state index contributed by atoms with van der Waals surface area (Å²) in [7, 11) is 0. The highest BCUT2D eigenvalue weighted by Crippen LogP contribution is 2.29. The lowest BCUT2D eigenvalue weighted by molar-refractivity contribution is -0.127. The zero-order chi connectivity index (χ0) is 16.7. The highest BCUT2D eigenvalue weighted by Gasteiger charge is 2.40. The Morgan fingerprint density at radius 3 is 2.65 bits per heavy atom. The molecule has 0 aliphatic heterocycles. The van der Waals surface area contributed by atoms with Crippen LogP contribution in [0.15, 0.2) is 24.3 Å². The standard InChI is InChI=1S/C19H25ClN2O/c1-15(2)14-21-18(23)19(11-5-6-12-19)22-13-7-9-16-8-3-4-10-17(16)20/h3-4,8,10,15,22H,5-6,11-14H2,1-2H3,(H,21,23). The largest absolute Gasteiger partial charge is 0.354 e. The normalized spacial score (nSPS) is 16.0. The smallest absolute Gasteiger partial charge is 0.240 e. The van der Waals surface area contributed by atoms with Gasteiger partial charge in [0.25, 0.3) is 0 Å². The summed E-state index contributed by atoms with van der Waals surface area (Å²) < 4.78 is 0. The van der Waals surface area contributed by atoms with E-state index in [1.165, 1.54) is 0 Å². The van der Waals surface area contributed by atoms with Crippen LogP contribution in [0.2, 0.25) is 5.02 Å². The van der Waals surface area contributed by atoms with Crippen LogP contribution in [-0.2, 0) is 4.79 Å². The van der Waals surface area contributed by atoms with E-state index >= 15 is 0 Å². The molecule has 2 rings (SSSR count). The van der Waals surface area contributed by atoms with Gasteiger partial charge in [-0.2, -0.15) is 0 Å². The minimum absolute atomic E-state index is 0.114. The quantitative estimate of drug-likeness (QED) is 0.812. The van der Waals surface area contributed by atoms with E-state index in [4.69, 9.17) is 11.6 Å². The number of hydrogen-bond acceptors (Lipinski definition) is 2. The third-order valence-electron chi connectivity index (χ3n) is 4.17. The summed E-state index contributed by atoms with van der Waals surface area (Å²) in [5, 5.41) is 7.10. The second kappa shape index (κ2) is 8.38. The van der Waals surface area contributed by atoms with Gasteiger partial charge in [-0.25, -0.2) is 0 Å². The van der Waals surface area contributed by atoms with Crippen LogP contribution in [-0.4, -0.2) is 24.5 Å². The molecule has 1 aromatic carbocycles. The monoisotopic (exact) mass is 332 g/mol. The molecule has 1 fully saturated rings. The van der Waals surface area contributed by atoms with Crippen LogP contribution >= 0.6 is 11.6 Å². The van der Waals surface area contributed by atoms with Gasteiger partial charge in [0.15, 0.2) is 0 Å². The summed E-state index contributed by atoms with van der Waals surface area (Å²) in [5.74, 6) is 6.73. The van der Waals surface area contributed by atoms with Crippen LogP contribution < -0.4 is 10.6 Å². The Kier molecular flexibility index (Phi) is 6.50. The Labute approximate surface area is 144 Å². The number of benzene rings is 1. The molecule has 0 atom stereocenters. The highest BCUT2D eigenvalue weighted by molar-refractivity contribution is 6.31. The lowest BCUT2D eigenvalue weighted by Gasteiger charge is -2.28. The van der Waals surface area contributed by atoms with E-state index in [0.717, 1.165) is 31.2 Å². The van der Waals surface area contributed by atoms with Crippen molar-refractivity contribution in [2.75, 3.05) is 13.1 Å². The van der Waals surface area contributed by atoms with Crippen LogP contribution in [0.4, 0.5) is 0 Å². The summed E-state index contributed by atoms with van der Waals surface area (Å²) in [5.41, 5.74) is 0.366. The molecule has 0 unspecified atom stereocenters. The van der Waals surface area contributed by atoms with E-state index in [1.807, 2.05) is 24.3 Å². The molecular formula is C19H25ClN2O. The van der Waals surface area contributed by atoms with E-state index < -0.39 is 5.54 Å². The Bertz CT molecular complexity index is 595. The third kappa shape index (κ3) is 4.99. The SMILES string of the molecule is CC(C)CNC(=O)C1(NCC#Cc2ccccc2Cl)CCCC1. The molecular weight excluding hydrogens is 308 g/mol. The fourth-order valence-electron chi connectivity index (χ4n) is 2.84. The maximum atomic E-state index is 12.5. The molecule has 0 bridgehead atoms. The number of carbonyl (C=O) groups excluding carboxylic acids is 1. The van der Waals surface area contributed by atoms with Gasteiger partial charge in [-0.15, -0.1) is 0 Å². The van der Waals surface area contributed by atoms with Crippen molar-refractivity contribution in [3.8, 4) is 11.8 Å². The number of hydrogen-bond donors (Lipinski definition) is 2. The van der Waals surface area contributed by atoms with Crippen molar-refractivity contribution in [1.29, 1.82) is 0 Å². The van der Waals surface area contributed by atoms with Crippen molar-refractivity contribution >= 4 is 17.5 Å². The molecule has 0 radical (unpaired) electrons. The van der Waals surface area contributed by atoms with Gasteiger partial charge in [0.2, 0.25) is 5.91 Å². The number of halogens is 1. The fourth-order valence-corrected chi connectivity index (χ4v) is 3.03. The van der Waals surface area contributed by atoms with Crippen LogP contribution in [0.25, 0.3) is 0 Å². The molecule has 23 heavy (non-hydrogen) atoms. The first kappa shape index (κ1) is 17.8. The summed E-state index contributed by atoms with van der Waals surface area (Å²) in [6, 6.07) is 7.53. The van der Waals surface area contributed by atoms with Gasteiger partial charge < -0.3 is 5.32 Å². The molecule has 0 aromatic heterocycles. The third-order valence-corrected chi connectivity index (χ3v) is 4.50. The van der Waals surface area contributed by atoms with Crippen molar-refractivity contribution in [3.05, 3.63) is 34.9 Å². The first-order chi connectivity index (χ1) is 11.0. The molecule has 1 aromatic rings. The number of nitrogens with one attached hydrogen (secondary N) is 2. The lowest BCUT2D eigenvalue weighted by Crippen LogP contribution is -2.55. The molecule has 2 N–H and O–H groups in total. The molecule has 4 heteroatoms. The van der Waals surface area contributed by atoms with E-state index in [2.05, 4.69) is 36.3 Å². The minimum Gasteiger partial charge on any atom is -0.354 e. The summed E-state index contributed by atoms with van der Waals surface area (Å²) in [4.78, 5) is 12.5. The molecule has 3 nitrogen and oxygen atoms in total. The molecule has 1 amide bonds. The summed E-state index contributed by atoms with van der Waals surface area (Å²) >= 11 is 6.09. The average molecular weight is 333 g/mol. The van der Waals surface area contributed by atoms with Gasteiger partial charge in [0.1, 0.15) is 0 Å². The van der Waals surface area contributed by atoms with Gasteiger partial charge in [0.05, 0.1) is 17.1 Å². The van der Waals surface area contributed by atoms with Gasteiger partial charge in [-0.05, 0) is 30.9 Å². The first-order valence-electron chi connectivity index (χ1n) is 8.30. The van der Waals surface area contributed by atoms with Crippen LogP contribution in [0.5, 0.6) is 0 Å². The Morgan fingerprint density at radius 1 is 1.30 bits per heavy atom. The summed E-state index contributed by atoms with van der Waals surface area (Å²) in [6.45, 7) is 5.40. The Morgan fingerprint density at radius 2 is 2.00 bits per heavy atom. The molecule has 1 saturated carbocycles. The fraction of sp³-hybridized carbons (Fsp3) is 0.526. The maximum Gasteiger partial charge on any atom is 0.240 e. The second-order valence-electron chi connectivity index (χ2n) is 6.53. The van der Waals surface area contributed by atoms with Gasteiger partial charge >= 0.3 is 0 Å². The predicted molar refractivity (Wildman–Crippen MR) is 95.4 cm³/mol. The minimum atomic E-state index is -0.454. The maximum absolute atomic E-state index is 12.5. The Hall–Kier alpha value is -1.50. The molecule has 1 aliphatic rings. The van der Waals surface area contributed by atoms with Crippen LogP contribution in [0.3, 0.4) is 0 Å². The van der Waals surface area contributed by atoms with Gasteiger partial charge in [-0.3, -0.25) is 10.1 Å². The lowest BCUT2D eigenvalue weighted by atomic mass is 9.96. The zero-order valence-electron chi connectivity index (χ0n) is 13.9. The molecule has 0 heterocycles. The van der Waals surface area contributed by atoms with E-state index in [-0.39, 0.29) is 5.91 Å². The van der Waals surface area contributed by atoms with Gasteiger partial charge in [0, 0.05) is 12.1 Å². The number of amides is 1. The number of rotatable bonds is 5. The van der Waals surface area contributed by atoms with Crippen LogP contribution in [0.1, 0.15) is 45.1 Å². The van der Waals surface area contributed by atoms with Gasteiger partial charge in [-0.1, -0.05) is 62.3 Å². The zero-order valence-corrected chi connectivity index (χ0v) is 14.7. The molecule has 124 valence electrons. The first-order valence-corrected chi connectivity index (χ1v) is 8.68. The Balaban J connectivity index is 1.95. The second-order valence-corrected chi connectivity index (χ2v) is 6.94.